The third-order valence-electron chi connectivity index (χ3n) is 3.34. The summed E-state index contributed by atoms with van der Waals surface area (Å²) in [6.45, 7) is -0.442. The van der Waals surface area contributed by atoms with Crippen LogP contribution in [0.2, 0.25) is 0 Å². The molecular weight excluding hydrogens is 350 g/mol. The zero-order valence-electron chi connectivity index (χ0n) is 13.5. The molecule has 0 radical (unpaired) electrons. The molecule has 1 heterocycles. The molecule has 0 aliphatic rings. The van der Waals surface area contributed by atoms with Gasteiger partial charge in [0.15, 0.2) is 6.61 Å². The van der Waals surface area contributed by atoms with Crippen LogP contribution >= 0.6 is 11.3 Å². The maximum absolute atomic E-state index is 11.8. The van der Waals surface area contributed by atoms with E-state index in [1.54, 1.807) is 30.3 Å². The minimum atomic E-state index is -0.645. The number of thiazole rings is 1. The van der Waals surface area contributed by atoms with E-state index in [0.717, 1.165) is 10.2 Å². The van der Waals surface area contributed by atoms with E-state index < -0.39 is 18.5 Å². The van der Waals surface area contributed by atoms with E-state index in [0.29, 0.717) is 16.3 Å². The second-order valence-corrected chi connectivity index (χ2v) is 6.23. The van der Waals surface area contributed by atoms with Gasteiger partial charge in [0.05, 0.1) is 21.5 Å². The number of hydrogen-bond donors (Lipinski definition) is 1. The largest absolute Gasteiger partial charge is 0.452 e. The fourth-order valence-corrected chi connectivity index (χ4v) is 3.03. The fraction of sp³-hybridized carbons (Fsp3) is 0.0526. The Morgan fingerprint density at radius 1 is 1.19 bits per heavy atom. The molecule has 0 saturated heterocycles. The first-order valence-electron chi connectivity index (χ1n) is 7.65. The number of fused-ring (bicyclic) bond motifs is 1. The minimum Gasteiger partial charge on any atom is -0.452 e. The Kier molecular flexibility index (Phi) is 5.37. The Hall–Kier alpha value is -3.50. The maximum atomic E-state index is 11.8. The van der Waals surface area contributed by atoms with Gasteiger partial charge in [0.2, 0.25) is 0 Å². The first-order valence-corrected chi connectivity index (χ1v) is 8.47. The number of esters is 1. The third kappa shape index (κ3) is 4.32. The van der Waals surface area contributed by atoms with Crippen molar-refractivity contribution in [3.8, 4) is 6.07 Å². The quantitative estimate of drug-likeness (QED) is 0.554. The predicted molar refractivity (Wildman–Crippen MR) is 99.4 cm³/mol. The summed E-state index contributed by atoms with van der Waals surface area (Å²) in [5.74, 6) is -1.16. The molecule has 3 rings (SSSR count). The molecule has 0 aliphatic carbocycles. The van der Waals surface area contributed by atoms with Gasteiger partial charge in [0, 0.05) is 6.08 Å². The Labute approximate surface area is 153 Å². The van der Waals surface area contributed by atoms with E-state index in [1.807, 2.05) is 30.3 Å². The molecule has 1 aromatic heterocycles. The number of ether oxygens (including phenoxy) is 1. The number of carbonyl (C=O) groups excluding carboxylic acids is 2. The van der Waals surface area contributed by atoms with Crippen LogP contribution in [0.3, 0.4) is 0 Å². The van der Waals surface area contributed by atoms with E-state index in [2.05, 4.69) is 10.3 Å². The maximum Gasteiger partial charge on any atom is 0.331 e. The van der Waals surface area contributed by atoms with Crippen LogP contribution in [-0.2, 0) is 14.3 Å². The lowest BCUT2D eigenvalue weighted by molar-refractivity contribution is -0.142. The Balaban J connectivity index is 1.53. The molecule has 1 amide bonds. The molecule has 0 bridgehead atoms. The van der Waals surface area contributed by atoms with Crippen molar-refractivity contribution >= 4 is 45.2 Å². The molecule has 128 valence electrons. The highest BCUT2D eigenvalue weighted by Crippen LogP contribution is 2.22. The second kappa shape index (κ2) is 8.05. The lowest BCUT2D eigenvalue weighted by Gasteiger charge is -2.06. The van der Waals surface area contributed by atoms with Gasteiger partial charge in [0.1, 0.15) is 11.1 Å². The number of para-hydroxylation sites is 2. The number of amides is 1. The Morgan fingerprint density at radius 3 is 2.77 bits per heavy atom. The number of carbonyl (C=O) groups is 2. The molecule has 2 aromatic carbocycles. The lowest BCUT2D eigenvalue weighted by atomic mass is 10.2. The van der Waals surface area contributed by atoms with Crippen LogP contribution in [0.15, 0.2) is 54.6 Å². The molecule has 0 atom stereocenters. The molecule has 0 spiro atoms. The van der Waals surface area contributed by atoms with Crippen LogP contribution < -0.4 is 5.32 Å². The summed E-state index contributed by atoms with van der Waals surface area (Å²) in [4.78, 5) is 28.0. The van der Waals surface area contributed by atoms with Gasteiger partial charge < -0.3 is 10.1 Å². The van der Waals surface area contributed by atoms with Gasteiger partial charge in [-0.3, -0.25) is 4.79 Å². The molecule has 0 aliphatic heterocycles. The van der Waals surface area contributed by atoms with Crippen LogP contribution in [0.1, 0.15) is 10.6 Å². The number of nitrogens with zero attached hydrogens (tertiary/aromatic N) is 2. The van der Waals surface area contributed by atoms with Crippen molar-refractivity contribution in [3.63, 3.8) is 0 Å². The first kappa shape index (κ1) is 17.3. The Morgan fingerprint density at radius 2 is 1.96 bits per heavy atom. The molecule has 1 N–H and O–H groups in total. The van der Waals surface area contributed by atoms with E-state index in [9.17, 15) is 9.59 Å². The average Bonchev–Trinajstić information content (AvgIpc) is 3.08. The number of anilines is 1. The van der Waals surface area contributed by atoms with Crippen LogP contribution in [0.5, 0.6) is 0 Å². The van der Waals surface area contributed by atoms with Crippen molar-refractivity contribution in [3.05, 3.63) is 65.2 Å². The lowest BCUT2D eigenvalue weighted by Crippen LogP contribution is -2.20. The first-order chi connectivity index (χ1) is 12.7. The molecule has 7 heteroatoms. The standard InChI is InChI=1S/C19H13N3O3S/c20-11-13-5-1-2-6-14(13)21-17(23)12-25-19(24)10-9-18-22-15-7-3-4-8-16(15)26-18/h1-10H,12H2,(H,21,23)/b10-9+. The van der Waals surface area contributed by atoms with Crippen molar-refractivity contribution in [2.75, 3.05) is 11.9 Å². The Bertz CT molecular complexity index is 1000. The summed E-state index contributed by atoms with van der Waals surface area (Å²) in [6, 6.07) is 16.2. The number of rotatable bonds is 5. The van der Waals surface area contributed by atoms with Gasteiger partial charge >= 0.3 is 5.97 Å². The van der Waals surface area contributed by atoms with Crippen molar-refractivity contribution in [2.24, 2.45) is 0 Å². The molecule has 26 heavy (non-hydrogen) atoms. The van der Waals surface area contributed by atoms with Crippen LogP contribution in [0.25, 0.3) is 16.3 Å². The van der Waals surface area contributed by atoms with Crippen LogP contribution in [-0.4, -0.2) is 23.5 Å². The SMILES string of the molecule is N#Cc1ccccc1NC(=O)COC(=O)/C=C/c1nc2ccccc2s1. The summed E-state index contributed by atoms with van der Waals surface area (Å²) in [6.07, 6.45) is 2.78. The van der Waals surface area contributed by atoms with E-state index in [1.165, 1.54) is 17.4 Å². The highest BCUT2D eigenvalue weighted by atomic mass is 32.1. The van der Waals surface area contributed by atoms with Gasteiger partial charge in [-0.25, -0.2) is 9.78 Å². The van der Waals surface area contributed by atoms with Crippen molar-refractivity contribution < 1.29 is 14.3 Å². The fourth-order valence-electron chi connectivity index (χ4n) is 2.16. The smallest absolute Gasteiger partial charge is 0.331 e. The van der Waals surface area contributed by atoms with Crippen LogP contribution in [0.4, 0.5) is 5.69 Å². The summed E-state index contributed by atoms with van der Waals surface area (Å²) >= 11 is 1.45. The van der Waals surface area contributed by atoms with Gasteiger partial charge in [-0.1, -0.05) is 24.3 Å². The van der Waals surface area contributed by atoms with E-state index in [-0.39, 0.29) is 0 Å². The highest BCUT2D eigenvalue weighted by molar-refractivity contribution is 7.19. The average molecular weight is 363 g/mol. The van der Waals surface area contributed by atoms with Gasteiger partial charge in [-0.15, -0.1) is 11.3 Å². The van der Waals surface area contributed by atoms with Crippen LogP contribution in [0, 0.1) is 11.3 Å². The number of nitriles is 1. The molecule has 0 saturated carbocycles. The third-order valence-corrected chi connectivity index (χ3v) is 4.34. The van der Waals surface area contributed by atoms with E-state index in [4.69, 9.17) is 10.00 Å². The summed E-state index contributed by atoms with van der Waals surface area (Å²) < 4.78 is 5.93. The van der Waals surface area contributed by atoms with E-state index >= 15 is 0 Å². The molecule has 6 nitrogen and oxygen atoms in total. The summed E-state index contributed by atoms with van der Waals surface area (Å²) in [5.41, 5.74) is 1.57. The molecule has 3 aromatic rings. The summed E-state index contributed by atoms with van der Waals surface area (Å²) in [7, 11) is 0. The van der Waals surface area contributed by atoms with Gasteiger partial charge in [-0.2, -0.15) is 5.26 Å². The van der Waals surface area contributed by atoms with Crippen molar-refractivity contribution in [2.45, 2.75) is 0 Å². The number of aromatic nitrogens is 1. The number of benzene rings is 2. The zero-order chi connectivity index (χ0) is 18.4. The minimum absolute atomic E-state index is 0.336. The number of hydrogen-bond acceptors (Lipinski definition) is 6. The number of nitrogens with one attached hydrogen (secondary N) is 1. The summed E-state index contributed by atoms with van der Waals surface area (Å²) in [5, 5.41) is 12.2. The van der Waals surface area contributed by atoms with Gasteiger partial charge in [0.25, 0.3) is 5.91 Å². The topological polar surface area (TPSA) is 92.1 Å². The monoisotopic (exact) mass is 363 g/mol. The highest BCUT2D eigenvalue weighted by Gasteiger charge is 2.08. The molecule has 0 fully saturated rings. The van der Waals surface area contributed by atoms with Gasteiger partial charge in [-0.05, 0) is 30.3 Å². The van der Waals surface area contributed by atoms with Crippen molar-refractivity contribution in [1.82, 2.24) is 4.98 Å². The zero-order valence-corrected chi connectivity index (χ0v) is 14.3. The normalized spacial score (nSPS) is 10.6. The predicted octanol–water partition coefficient (Wildman–Crippen LogP) is 3.36. The van der Waals surface area contributed by atoms with Crippen molar-refractivity contribution in [1.29, 1.82) is 5.26 Å². The second-order valence-electron chi connectivity index (χ2n) is 5.17. The molecular formula is C19H13N3O3S. The molecule has 0 unspecified atom stereocenters.